The van der Waals surface area contributed by atoms with Gasteiger partial charge in [0.2, 0.25) is 0 Å². The van der Waals surface area contributed by atoms with Gasteiger partial charge in [-0.2, -0.15) is 0 Å². The second-order valence-corrected chi connectivity index (χ2v) is 9.63. The molecule has 2 unspecified atom stereocenters. The van der Waals surface area contributed by atoms with Crippen LogP contribution in [0.2, 0.25) is 0 Å². The van der Waals surface area contributed by atoms with Crippen LogP contribution in [0.15, 0.2) is 40.8 Å². The number of ether oxygens (including phenoxy) is 1. The molecule has 2 fully saturated rings. The molecular weight excluding hydrogens is 427 g/mol. The predicted octanol–water partition coefficient (Wildman–Crippen LogP) is 5.64. The van der Waals surface area contributed by atoms with Crippen molar-refractivity contribution >= 4 is 29.7 Å². The predicted molar refractivity (Wildman–Crippen MR) is 125 cm³/mol. The second-order valence-electron chi connectivity index (χ2n) is 8.79. The number of carboxylic acid groups (broad SMARTS) is 1. The summed E-state index contributed by atoms with van der Waals surface area (Å²) in [4.78, 5) is 15.3. The SMILES string of the molecule is CCN1CCC/C(=C\c2cc(F)ccc2SNc2ccc3c(c2C(=O)O)OCC2CC32)C1. The van der Waals surface area contributed by atoms with Crippen LogP contribution in [0.3, 0.4) is 0 Å². The Morgan fingerprint density at radius 1 is 1.38 bits per heavy atom. The number of carboxylic acids is 1. The molecule has 168 valence electrons. The highest BCUT2D eigenvalue weighted by atomic mass is 32.2. The Morgan fingerprint density at radius 3 is 3.06 bits per heavy atom. The topological polar surface area (TPSA) is 61.8 Å². The zero-order chi connectivity index (χ0) is 22.2. The summed E-state index contributed by atoms with van der Waals surface area (Å²) in [5.74, 6) is 0.150. The highest BCUT2D eigenvalue weighted by Crippen LogP contribution is 2.55. The Bertz CT molecular complexity index is 1090. The average molecular weight is 455 g/mol. The molecule has 7 heteroatoms. The van der Waals surface area contributed by atoms with Crippen LogP contribution in [0.4, 0.5) is 10.1 Å². The summed E-state index contributed by atoms with van der Waals surface area (Å²) in [5.41, 5.74) is 3.77. The third-order valence-electron chi connectivity index (χ3n) is 6.61. The third kappa shape index (κ3) is 4.24. The zero-order valence-electron chi connectivity index (χ0n) is 18.1. The summed E-state index contributed by atoms with van der Waals surface area (Å²) in [6.45, 7) is 5.74. The van der Waals surface area contributed by atoms with Crippen molar-refractivity contribution in [3.8, 4) is 5.75 Å². The van der Waals surface area contributed by atoms with E-state index in [9.17, 15) is 14.3 Å². The number of hydrogen-bond acceptors (Lipinski definition) is 5. The Morgan fingerprint density at radius 2 is 2.25 bits per heavy atom. The molecule has 2 heterocycles. The van der Waals surface area contributed by atoms with Crippen molar-refractivity contribution in [2.24, 2.45) is 5.92 Å². The zero-order valence-corrected chi connectivity index (χ0v) is 18.9. The molecule has 32 heavy (non-hydrogen) atoms. The quantitative estimate of drug-likeness (QED) is 0.551. The van der Waals surface area contributed by atoms with Crippen molar-refractivity contribution in [1.29, 1.82) is 0 Å². The van der Waals surface area contributed by atoms with Crippen LogP contribution in [0.5, 0.6) is 5.75 Å². The van der Waals surface area contributed by atoms with Crippen molar-refractivity contribution in [3.63, 3.8) is 0 Å². The lowest BCUT2D eigenvalue weighted by Gasteiger charge is -2.27. The maximum Gasteiger partial charge on any atom is 0.341 e. The number of benzene rings is 2. The molecule has 1 aliphatic carbocycles. The van der Waals surface area contributed by atoms with Crippen molar-refractivity contribution in [2.75, 3.05) is 31.0 Å². The van der Waals surface area contributed by atoms with Gasteiger partial charge in [0.1, 0.15) is 17.1 Å². The Balaban J connectivity index is 1.40. The van der Waals surface area contributed by atoms with E-state index in [-0.39, 0.29) is 11.4 Å². The molecule has 0 spiro atoms. The van der Waals surface area contributed by atoms with Gasteiger partial charge in [0.25, 0.3) is 0 Å². The normalized spacial score (nSPS) is 23.2. The number of fused-ring (bicyclic) bond motifs is 3. The fourth-order valence-corrected chi connectivity index (χ4v) is 5.53. The molecule has 5 rings (SSSR count). The lowest BCUT2D eigenvalue weighted by molar-refractivity contribution is 0.0692. The second kappa shape index (κ2) is 8.79. The number of likely N-dealkylation sites (tertiary alicyclic amines) is 1. The molecular formula is C25H27FN2O3S. The fraction of sp³-hybridized carbons (Fsp3) is 0.400. The molecule has 1 saturated heterocycles. The van der Waals surface area contributed by atoms with Gasteiger partial charge in [-0.3, -0.25) is 4.90 Å². The van der Waals surface area contributed by atoms with E-state index >= 15 is 0 Å². The minimum Gasteiger partial charge on any atom is -0.492 e. The van der Waals surface area contributed by atoms with Gasteiger partial charge in [0.05, 0.1) is 12.3 Å². The number of anilines is 1. The molecule has 3 aliphatic rings. The van der Waals surface area contributed by atoms with Crippen LogP contribution >= 0.6 is 11.9 Å². The molecule has 0 radical (unpaired) electrons. The Labute approximate surface area is 191 Å². The maximum atomic E-state index is 14.0. The first-order chi connectivity index (χ1) is 15.5. The number of nitrogens with zero attached hydrogens (tertiary/aromatic N) is 1. The molecule has 0 amide bonds. The number of hydrogen-bond donors (Lipinski definition) is 2. The van der Waals surface area contributed by atoms with Gasteiger partial charge < -0.3 is 14.6 Å². The summed E-state index contributed by atoms with van der Waals surface area (Å²) < 4.78 is 23.1. The van der Waals surface area contributed by atoms with E-state index in [4.69, 9.17) is 4.74 Å². The Hall–Kier alpha value is -2.51. The highest BCUT2D eigenvalue weighted by molar-refractivity contribution is 8.00. The standard InChI is InChI=1S/C25H27FN2O3S/c1-2-28-9-3-4-15(13-28)10-16-11-18(26)5-8-22(16)32-27-21-7-6-19-20-12-17(20)14-31-24(19)23(21)25(29)30/h5-8,10-11,17,20,27H,2-4,9,12-14H2,1H3,(H,29,30)/b15-10+. The van der Waals surface area contributed by atoms with Gasteiger partial charge in [-0.1, -0.05) is 24.6 Å². The third-order valence-corrected chi connectivity index (χ3v) is 7.53. The highest BCUT2D eigenvalue weighted by Gasteiger charge is 2.45. The first-order valence-corrected chi connectivity index (χ1v) is 12.0. The lowest BCUT2D eigenvalue weighted by Crippen LogP contribution is -2.30. The molecule has 2 aromatic carbocycles. The van der Waals surface area contributed by atoms with E-state index in [1.54, 1.807) is 12.1 Å². The number of halogens is 1. The number of nitrogens with one attached hydrogen (secondary N) is 1. The molecule has 1 saturated carbocycles. The minimum absolute atomic E-state index is 0.174. The molecule has 5 nitrogen and oxygen atoms in total. The molecule has 0 bridgehead atoms. The first-order valence-electron chi connectivity index (χ1n) is 11.2. The van der Waals surface area contributed by atoms with E-state index in [1.165, 1.54) is 23.6 Å². The first kappa shape index (κ1) is 21.3. The van der Waals surface area contributed by atoms with Crippen LogP contribution in [-0.4, -0.2) is 42.2 Å². The largest absolute Gasteiger partial charge is 0.492 e. The number of aromatic carboxylic acids is 1. The summed E-state index contributed by atoms with van der Waals surface area (Å²) in [5, 5.41) is 9.88. The van der Waals surface area contributed by atoms with Gasteiger partial charge >= 0.3 is 5.97 Å². The van der Waals surface area contributed by atoms with Crippen molar-refractivity contribution in [1.82, 2.24) is 4.90 Å². The van der Waals surface area contributed by atoms with Gasteiger partial charge in [0, 0.05) is 17.4 Å². The molecule has 2 atom stereocenters. The van der Waals surface area contributed by atoms with Gasteiger partial charge in [0.15, 0.2) is 0 Å². The molecule has 0 aromatic heterocycles. The van der Waals surface area contributed by atoms with Gasteiger partial charge in [-0.05, 0) is 85.6 Å². The lowest BCUT2D eigenvalue weighted by atomic mass is 10.0. The van der Waals surface area contributed by atoms with Gasteiger partial charge in [-0.25, -0.2) is 9.18 Å². The number of likely N-dealkylation sites (N-methyl/N-ethyl adjacent to an activating group) is 1. The smallest absolute Gasteiger partial charge is 0.341 e. The fourth-order valence-electron chi connectivity index (χ4n) is 4.76. The van der Waals surface area contributed by atoms with Crippen molar-refractivity contribution in [3.05, 3.63) is 58.4 Å². The average Bonchev–Trinajstić information content (AvgIpc) is 3.58. The van der Waals surface area contributed by atoms with Crippen molar-refractivity contribution in [2.45, 2.75) is 37.0 Å². The van der Waals surface area contributed by atoms with Crippen LogP contribution in [0.1, 0.15) is 53.6 Å². The molecule has 2 aliphatic heterocycles. The van der Waals surface area contributed by atoms with Crippen molar-refractivity contribution < 1.29 is 19.0 Å². The number of carbonyl (C=O) groups is 1. The number of rotatable bonds is 6. The van der Waals surface area contributed by atoms with E-state index in [2.05, 4.69) is 22.6 Å². The van der Waals surface area contributed by atoms with E-state index < -0.39 is 5.97 Å². The summed E-state index contributed by atoms with van der Waals surface area (Å²) in [6, 6.07) is 8.52. The molecule has 2 N–H and O–H groups in total. The monoisotopic (exact) mass is 454 g/mol. The summed E-state index contributed by atoms with van der Waals surface area (Å²) >= 11 is 1.30. The number of piperidine rings is 1. The van der Waals surface area contributed by atoms with Crippen LogP contribution in [0, 0.1) is 11.7 Å². The molecule has 2 aromatic rings. The Kier molecular flexibility index (Phi) is 5.86. The maximum absolute atomic E-state index is 14.0. The van der Waals surface area contributed by atoms with E-state index in [0.717, 1.165) is 54.9 Å². The summed E-state index contributed by atoms with van der Waals surface area (Å²) in [6.07, 6.45) is 5.26. The van der Waals surface area contributed by atoms with Gasteiger partial charge in [-0.15, -0.1) is 0 Å². The van der Waals surface area contributed by atoms with Crippen LogP contribution < -0.4 is 9.46 Å². The van der Waals surface area contributed by atoms with E-state index in [1.807, 2.05) is 12.1 Å². The van der Waals surface area contributed by atoms with Crippen LogP contribution in [-0.2, 0) is 0 Å². The van der Waals surface area contributed by atoms with E-state index in [0.29, 0.717) is 29.9 Å². The minimum atomic E-state index is -1.01. The van der Waals surface area contributed by atoms with Crippen LogP contribution in [0.25, 0.3) is 6.08 Å². The summed E-state index contributed by atoms with van der Waals surface area (Å²) in [7, 11) is 0.